The molecule has 1 aromatic rings. The van der Waals surface area contributed by atoms with Crippen molar-refractivity contribution in [3.8, 4) is 5.75 Å². The maximum absolute atomic E-state index is 10.8. The van der Waals surface area contributed by atoms with Gasteiger partial charge in [-0.1, -0.05) is 46.8 Å². The molecule has 2 nitrogen and oxygen atoms in total. The second-order valence-electron chi connectivity index (χ2n) is 8.80. The lowest BCUT2D eigenvalue weighted by atomic mass is 9.47. The van der Waals surface area contributed by atoms with Crippen molar-refractivity contribution in [1.29, 1.82) is 0 Å². The number of hydrogen-bond acceptors (Lipinski definition) is 2. The average molecular weight is 316 g/mol. The molecule has 1 saturated carbocycles. The maximum Gasteiger partial charge on any atom is 0.122 e. The molecule has 1 fully saturated rings. The summed E-state index contributed by atoms with van der Waals surface area (Å²) in [6.07, 6.45) is 4.31. The van der Waals surface area contributed by atoms with Crippen molar-refractivity contribution in [2.45, 2.75) is 71.6 Å². The molecule has 23 heavy (non-hydrogen) atoms. The first-order chi connectivity index (χ1) is 10.8. The molecule has 2 N–H and O–H groups in total. The fourth-order valence-electron chi connectivity index (χ4n) is 5.53. The van der Waals surface area contributed by atoms with Crippen LogP contribution < -0.4 is 0 Å². The Hall–Kier alpha value is -1.02. The van der Waals surface area contributed by atoms with E-state index >= 15 is 0 Å². The van der Waals surface area contributed by atoms with Gasteiger partial charge < -0.3 is 10.2 Å². The minimum atomic E-state index is -0.0168. The van der Waals surface area contributed by atoms with Gasteiger partial charge in [0.15, 0.2) is 0 Å². The van der Waals surface area contributed by atoms with Crippen LogP contribution in [0.15, 0.2) is 12.1 Å². The number of fused-ring (bicyclic) bond motifs is 3. The predicted octanol–water partition coefficient (Wildman–Crippen LogP) is 4.76. The Morgan fingerprint density at radius 1 is 1.22 bits per heavy atom. The summed E-state index contributed by atoms with van der Waals surface area (Å²) in [5, 5.41) is 20.9. The third kappa shape index (κ3) is 2.25. The van der Waals surface area contributed by atoms with Crippen molar-refractivity contribution in [3.63, 3.8) is 0 Å². The molecule has 0 spiro atoms. The standard InChI is InChI=1S/C21H32O2/c1-13(2)15-6-8-17-16(19(15)23)7-9-18-20(17,4)11-10-14(3)21(18,5)12-22/h6,8,13-14,18,22-23H,7,9-12H2,1-5H3/t14-,18+,20+,21+/m0/s1. The van der Waals surface area contributed by atoms with Crippen molar-refractivity contribution in [2.75, 3.05) is 6.61 Å². The topological polar surface area (TPSA) is 40.5 Å². The van der Waals surface area contributed by atoms with E-state index in [4.69, 9.17) is 0 Å². The second-order valence-corrected chi connectivity index (χ2v) is 8.80. The molecule has 3 rings (SSSR count). The number of benzene rings is 1. The molecule has 2 aliphatic carbocycles. The normalized spacial score (nSPS) is 36.7. The molecule has 4 atom stereocenters. The van der Waals surface area contributed by atoms with Crippen molar-refractivity contribution in [2.24, 2.45) is 17.3 Å². The van der Waals surface area contributed by atoms with Crippen molar-refractivity contribution in [1.82, 2.24) is 0 Å². The highest BCUT2D eigenvalue weighted by atomic mass is 16.3. The third-order valence-corrected chi connectivity index (χ3v) is 7.36. The lowest BCUT2D eigenvalue weighted by Crippen LogP contribution is -2.54. The van der Waals surface area contributed by atoms with E-state index in [1.54, 1.807) is 0 Å². The molecule has 0 aliphatic heterocycles. The summed E-state index contributed by atoms with van der Waals surface area (Å²) in [4.78, 5) is 0. The predicted molar refractivity (Wildman–Crippen MR) is 94.9 cm³/mol. The van der Waals surface area contributed by atoms with Crippen LogP contribution in [0.4, 0.5) is 0 Å². The van der Waals surface area contributed by atoms with E-state index in [0.717, 1.165) is 31.2 Å². The summed E-state index contributed by atoms with van der Waals surface area (Å²) in [6.45, 7) is 11.5. The molecule has 0 amide bonds. The van der Waals surface area contributed by atoms with Crippen LogP contribution in [0.25, 0.3) is 0 Å². The van der Waals surface area contributed by atoms with Gasteiger partial charge in [0.1, 0.15) is 5.75 Å². The fraction of sp³-hybridized carbons (Fsp3) is 0.714. The van der Waals surface area contributed by atoms with Crippen LogP contribution in [0, 0.1) is 17.3 Å². The molecule has 2 heteroatoms. The van der Waals surface area contributed by atoms with Gasteiger partial charge in [0.25, 0.3) is 0 Å². The summed E-state index contributed by atoms with van der Waals surface area (Å²) in [5.41, 5.74) is 3.63. The molecule has 0 unspecified atom stereocenters. The highest BCUT2D eigenvalue weighted by molar-refractivity contribution is 5.51. The SMILES string of the molecule is CC(C)c1ccc2c(c1O)CC[C@H]1[C@](C)(CO)[C@@H](C)CC[C@]21C. The highest BCUT2D eigenvalue weighted by Crippen LogP contribution is 2.60. The van der Waals surface area contributed by atoms with Crippen molar-refractivity contribution >= 4 is 0 Å². The first-order valence-corrected chi connectivity index (χ1v) is 9.21. The van der Waals surface area contributed by atoms with E-state index in [-0.39, 0.29) is 17.4 Å². The van der Waals surface area contributed by atoms with Crippen LogP contribution >= 0.6 is 0 Å². The Labute approximate surface area is 140 Å². The zero-order valence-corrected chi connectivity index (χ0v) is 15.3. The molecule has 128 valence electrons. The lowest BCUT2D eigenvalue weighted by molar-refractivity contribution is -0.0580. The Balaban J connectivity index is 2.12. The molecular weight excluding hydrogens is 284 g/mol. The molecule has 0 aromatic heterocycles. The highest BCUT2D eigenvalue weighted by Gasteiger charge is 2.54. The number of aliphatic hydroxyl groups excluding tert-OH is 1. The molecular formula is C21H32O2. The van der Waals surface area contributed by atoms with Crippen LogP contribution in [0.3, 0.4) is 0 Å². The molecule has 0 radical (unpaired) electrons. The molecule has 0 heterocycles. The second kappa shape index (κ2) is 5.51. The Bertz CT molecular complexity index is 606. The Morgan fingerprint density at radius 2 is 1.91 bits per heavy atom. The average Bonchev–Trinajstić information content (AvgIpc) is 2.51. The van der Waals surface area contributed by atoms with Gasteiger partial charge in [0.2, 0.25) is 0 Å². The van der Waals surface area contributed by atoms with Gasteiger partial charge in [-0.25, -0.2) is 0 Å². The smallest absolute Gasteiger partial charge is 0.122 e. The molecule has 1 aromatic carbocycles. The van der Waals surface area contributed by atoms with Crippen LogP contribution in [0.2, 0.25) is 0 Å². The molecule has 0 saturated heterocycles. The van der Waals surface area contributed by atoms with Gasteiger partial charge in [-0.2, -0.15) is 0 Å². The summed E-state index contributed by atoms with van der Waals surface area (Å²) >= 11 is 0. The maximum atomic E-state index is 10.8. The van der Waals surface area contributed by atoms with Gasteiger partial charge in [-0.05, 0) is 71.0 Å². The molecule has 0 bridgehead atoms. The van der Waals surface area contributed by atoms with Gasteiger partial charge in [0, 0.05) is 6.61 Å². The largest absolute Gasteiger partial charge is 0.507 e. The first-order valence-electron chi connectivity index (χ1n) is 9.21. The van der Waals surface area contributed by atoms with E-state index in [1.165, 1.54) is 11.1 Å². The first kappa shape index (κ1) is 16.8. The third-order valence-electron chi connectivity index (χ3n) is 7.36. The minimum Gasteiger partial charge on any atom is -0.507 e. The zero-order chi connectivity index (χ0) is 17.0. The van der Waals surface area contributed by atoms with Gasteiger partial charge in [-0.3, -0.25) is 0 Å². The van der Waals surface area contributed by atoms with Gasteiger partial charge in [0.05, 0.1) is 0 Å². The number of aliphatic hydroxyl groups is 1. The van der Waals surface area contributed by atoms with E-state index in [9.17, 15) is 10.2 Å². The summed E-state index contributed by atoms with van der Waals surface area (Å²) in [7, 11) is 0. The van der Waals surface area contributed by atoms with Crippen molar-refractivity contribution in [3.05, 3.63) is 28.8 Å². The zero-order valence-electron chi connectivity index (χ0n) is 15.3. The number of aromatic hydroxyl groups is 1. The van der Waals surface area contributed by atoms with Crippen LogP contribution in [-0.2, 0) is 11.8 Å². The lowest BCUT2D eigenvalue weighted by Gasteiger charge is -2.57. The molecule has 2 aliphatic rings. The Morgan fingerprint density at radius 3 is 2.52 bits per heavy atom. The summed E-state index contributed by atoms with van der Waals surface area (Å²) in [5.74, 6) is 1.91. The van der Waals surface area contributed by atoms with Crippen LogP contribution in [-0.4, -0.2) is 16.8 Å². The fourth-order valence-corrected chi connectivity index (χ4v) is 5.53. The van der Waals surface area contributed by atoms with Gasteiger partial charge >= 0.3 is 0 Å². The van der Waals surface area contributed by atoms with Crippen molar-refractivity contribution < 1.29 is 10.2 Å². The Kier molecular flexibility index (Phi) is 4.03. The summed E-state index contributed by atoms with van der Waals surface area (Å²) in [6, 6.07) is 4.39. The minimum absolute atomic E-state index is 0.0168. The van der Waals surface area contributed by atoms with E-state index in [0.29, 0.717) is 23.5 Å². The quantitative estimate of drug-likeness (QED) is 0.825. The van der Waals surface area contributed by atoms with Crippen LogP contribution in [0.1, 0.15) is 76.5 Å². The monoisotopic (exact) mass is 316 g/mol. The van der Waals surface area contributed by atoms with E-state index in [2.05, 4.69) is 46.8 Å². The number of phenolic OH excluding ortho intramolecular Hbond substituents is 1. The number of hydrogen-bond donors (Lipinski definition) is 2. The van der Waals surface area contributed by atoms with Crippen LogP contribution in [0.5, 0.6) is 5.75 Å². The van der Waals surface area contributed by atoms with E-state index in [1.807, 2.05) is 0 Å². The summed E-state index contributed by atoms with van der Waals surface area (Å²) < 4.78 is 0. The number of phenols is 1. The van der Waals surface area contributed by atoms with E-state index < -0.39 is 0 Å². The van der Waals surface area contributed by atoms with Gasteiger partial charge in [-0.15, -0.1) is 0 Å². The number of rotatable bonds is 2.